The minimum Gasteiger partial charge on any atom is -0.484 e. The van der Waals surface area contributed by atoms with Gasteiger partial charge in [-0.2, -0.15) is 0 Å². The third kappa shape index (κ3) is 5.41. The summed E-state index contributed by atoms with van der Waals surface area (Å²) in [5, 5.41) is 5.46. The molecule has 0 aliphatic heterocycles. The lowest BCUT2D eigenvalue weighted by molar-refractivity contribution is -0.125. The first-order valence-electron chi connectivity index (χ1n) is 6.49. The van der Waals surface area contributed by atoms with Crippen LogP contribution < -0.4 is 15.4 Å². The van der Waals surface area contributed by atoms with Crippen LogP contribution in [0.15, 0.2) is 48.7 Å². The first-order chi connectivity index (χ1) is 10.6. The van der Waals surface area contributed by atoms with E-state index in [4.69, 9.17) is 16.3 Å². The molecule has 0 unspecified atom stereocenters. The number of nitrogens with zero attached hydrogens (tertiary/aromatic N) is 1. The number of nitrogens with one attached hydrogen (secondary N) is 2. The molecular weight excluding hydrogens is 306 g/mol. The monoisotopic (exact) mass is 319 g/mol. The van der Waals surface area contributed by atoms with Gasteiger partial charge in [-0.15, -0.1) is 0 Å². The number of rotatable bonds is 6. The number of hydrogen-bond donors (Lipinski definition) is 2. The summed E-state index contributed by atoms with van der Waals surface area (Å²) in [6, 6.07) is 12.1. The van der Waals surface area contributed by atoms with Crippen molar-refractivity contribution in [3.8, 4) is 5.75 Å². The number of halogens is 1. The van der Waals surface area contributed by atoms with E-state index in [-0.39, 0.29) is 25.0 Å². The summed E-state index contributed by atoms with van der Waals surface area (Å²) >= 11 is 5.69. The lowest BCUT2D eigenvalue weighted by Crippen LogP contribution is -2.35. The third-order valence-electron chi connectivity index (χ3n) is 2.55. The molecule has 2 rings (SSSR count). The number of aromatic nitrogens is 1. The van der Waals surface area contributed by atoms with E-state index in [1.807, 2.05) is 6.07 Å². The summed E-state index contributed by atoms with van der Waals surface area (Å²) in [5.74, 6) is 0.183. The van der Waals surface area contributed by atoms with Crippen molar-refractivity contribution in [2.75, 3.05) is 18.5 Å². The molecule has 7 heteroatoms. The molecule has 6 nitrogen and oxygen atoms in total. The van der Waals surface area contributed by atoms with Gasteiger partial charge in [-0.25, -0.2) is 4.98 Å². The van der Waals surface area contributed by atoms with Gasteiger partial charge in [0.05, 0.1) is 11.6 Å². The first-order valence-corrected chi connectivity index (χ1v) is 6.87. The molecule has 0 saturated carbocycles. The highest BCUT2D eigenvalue weighted by Gasteiger charge is 2.07. The zero-order valence-corrected chi connectivity index (χ0v) is 12.3. The number of pyridine rings is 1. The van der Waals surface area contributed by atoms with Crippen LogP contribution in [0, 0.1) is 0 Å². The summed E-state index contributed by atoms with van der Waals surface area (Å²) in [6.45, 7) is -0.322. The maximum atomic E-state index is 11.6. The lowest BCUT2D eigenvalue weighted by atomic mass is 10.3. The first kappa shape index (κ1) is 15.8. The van der Waals surface area contributed by atoms with Crippen molar-refractivity contribution in [1.29, 1.82) is 0 Å². The van der Waals surface area contributed by atoms with Gasteiger partial charge in [0.1, 0.15) is 11.6 Å². The number of benzene rings is 1. The van der Waals surface area contributed by atoms with Gasteiger partial charge >= 0.3 is 0 Å². The van der Waals surface area contributed by atoms with E-state index in [2.05, 4.69) is 15.6 Å². The van der Waals surface area contributed by atoms with Crippen molar-refractivity contribution in [3.63, 3.8) is 0 Å². The summed E-state index contributed by atoms with van der Waals surface area (Å²) in [6.07, 6.45) is 1.42. The van der Waals surface area contributed by atoms with Crippen LogP contribution >= 0.6 is 11.6 Å². The van der Waals surface area contributed by atoms with Crippen LogP contribution in [0.3, 0.4) is 0 Å². The molecule has 2 amide bonds. The number of hydrogen-bond acceptors (Lipinski definition) is 4. The predicted octanol–water partition coefficient (Wildman–Crippen LogP) is 1.87. The minimum atomic E-state index is -0.386. The highest BCUT2D eigenvalue weighted by molar-refractivity contribution is 6.30. The zero-order valence-electron chi connectivity index (χ0n) is 11.6. The van der Waals surface area contributed by atoms with Gasteiger partial charge in [0.2, 0.25) is 5.91 Å². The molecule has 0 atom stereocenters. The van der Waals surface area contributed by atoms with Crippen LogP contribution in [0.25, 0.3) is 0 Å². The second kappa shape index (κ2) is 7.99. The normalized spacial score (nSPS) is 9.86. The van der Waals surface area contributed by atoms with E-state index in [1.54, 1.807) is 36.4 Å². The zero-order chi connectivity index (χ0) is 15.8. The average Bonchev–Trinajstić information content (AvgIpc) is 2.54. The second-order valence-corrected chi connectivity index (χ2v) is 4.72. The van der Waals surface area contributed by atoms with E-state index >= 15 is 0 Å². The molecule has 114 valence electrons. The molecule has 0 spiro atoms. The predicted molar refractivity (Wildman–Crippen MR) is 82.8 cm³/mol. The Balaban J connectivity index is 1.69. The van der Waals surface area contributed by atoms with Crippen molar-refractivity contribution >= 4 is 29.2 Å². The molecule has 2 N–H and O–H groups in total. The molecule has 0 saturated heterocycles. The largest absolute Gasteiger partial charge is 0.484 e. The van der Waals surface area contributed by atoms with E-state index in [1.165, 1.54) is 6.20 Å². The minimum absolute atomic E-state index is 0.156. The Morgan fingerprint density at radius 3 is 2.55 bits per heavy atom. The van der Waals surface area contributed by atoms with E-state index in [0.29, 0.717) is 16.6 Å². The van der Waals surface area contributed by atoms with Crippen LogP contribution in [0.5, 0.6) is 5.75 Å². The number of para-hydroxylation sites is 1. The Kier molecular flexibility index (Phi) is 5.73. The van der Waals surface area contributed by atoms with E-state index in [0.717, 1.165) is 0 Å². The van der Waals surface area contributed by atoms with Gasteiger partial charge < -0.3 is 15.4 Å². The Bertz CT molecular complexity index is 632. The van der Waals surface area contributed by atoms with Crippen molar-refractivity contribution in [1.82, 2.24) is 10.3 Å². The quantitative estimate of drug-likeness (QED) is 0.851. The van der Waals surface area contributed by atoms with Gasteiger partial charge in [0.15, 0.2) is 6.61 Å². The molecular formula is C15H14ClN3O3. The topological polar surface area (TPSA) is 80.3 Å². The highest BCUT2D eigenvalue weighted by atomic mass is 35.5. The Hall–Kier alpha value is -2.60. The van der Waals surface area contributed by atoms with Gasteiger partial charge in [0.25, 0.3) is 5.91 Å². The Morgan fingerprint density at radius 2 is 1.86 bits per heavy atom. The molecule has 0 aliphatic carbocycles. The molecule has 2 aromatic rings. The standard InChI is InChI=1S/C15H14ClN3O3/c16-11-6-7-13(17-8-11)19-14(20)9-18-15(21)10-22-12-4-2-1-3-5-12/h1-8H,9-10H2,(H,18,21)(H,17,19,20). The number of anilines is 1. The maximum absolute atomic E-state index is 11.6. The van der Waals surface area contributed by atoms with Crippen LogP contribution in [-0.4, -0.2) is 29.9 Å². The smallest absolute Gasteiger partial charge is 0.258 e. The van der Waals surface area contributed by atoms with Crippen LogP contribution in [0.4, 0.5) is 5.82 Å². The van der Waals surface area contributed by atoms with Crippen LogP contribution in [0.1, 0.15) is 0 Å². The van der Waals surface area contributed by atoms with Crippen molar-refractivity contribution in [2.45, 2.75) is 0 Å². The van der Waals surface area contributed by atoms with Crippen LogP contribution in [0.2, 0.25) is 5.02 Å². The molecule has 1 heterocycles. The summed E-state index contributed by atoms with van der Waals surface area (Å²) < 4.78 is 5.26. The fourth-order valence-corrected chi connectivity index (χ4v) is 1.64. The van der Waals surface area contributed by atoms with Crippen molar-refractivity contribution in [2.24, 2.45) is 0 Å². The molecule has 1 aromatic heterocycles. The van der Waals surface area contributed by atoms with Crippen molar-refractivity contribution in [3.05, 3.63) is 53.7 Å². The molecule has 0 radical (unpaired) electrons. The molecule has 0 bridgehead atoms. The Morgan fingerprint density at radius 1 is 1.09 bits per heavy atom. The molecule has 22 heavy (non-hydrogen) atoms. The lowest BCUT2D eigenvalue weighted by Gasteiger charge is -2.08. The van der Waals surface area contributed by atoms with Gasteiger partial charge in [-0.1, -0.05) is 29.8 Å². The third-order valence-corrected chi connectivity index (χ3v) is 2.78. The van der Waals surface area contributed by atoms with Gasteiger partial charge in [-0.05, 0) is 24.3 Å². The fraction of sp³-hybridized carbons (Fsp3) is 0.133. The summed E-state index contributed by atoms with van der Waals surface area (Å²) in [7, 11) is 0. The maximum Gasteiger partial charge on any atom is 0.258 e. The Labute approximate surface area is 132 Å². The van der Waals surface area contributed by atoms with Crippen LogP contribution in [-0.2, 0) is 9.59 Å². The van der Waals surface area contributed by atoms with Gasteiger partial charge in [-0.3, -0.25) is 9.59 Å². The number of carbonyl (C=O) groups excluding carboxylic acids is 2. The summed E-state index contributed by atoms with van der Waals surface area (Å²) in [4.78, 5) is 27.1. The molecule has 0 aliphatic rings. The number of carbonyl (C=O) groups is 2. The van der Waals surface area contributed by atoms with E-state index < -0.39 is 0 Å². The highest BCUT2D eigenvalue weighted by Crippen LogP contribution is 2.09. The fourth-order valence-electron chi connectivity index (χ4n) is 1.53. The number of ether oxygens (including phenoxy) is 1. The second-order valence-electron chi connectivity index (χ2n) is 4.29. The average molecular weight is 320 g/mol. The molecule has 0 fully saturated rings. The molecule has 1 aromatic carbocycles. The van der Waals surface area contributed by atoms with Crippen molar-refractivity contribution < 1.29 is 14.3 Å². The summed E-state index contributed by atoms with van der Waals surface area (Å²) in [5.41, 5.74) is 0. The SMILES string of the molecule is O=C(COc1ccccc1)NCC(=O)Nc1ccc(Cl)cn1. The van der Waals surface area contributed by atoms with Gasteiger partial charge in [0, 0.05) is 6.20 Å². The van der Waals surface area contributed by atoms with E-state index in [9.17, 15) is 9.59 Å². The number of amides is 2.